The van der Waals surface area contributed by atoms with Crippen LogP contribution in [0.25, 0.3) is 0 Å². The van der Waals surface area contributed by atoms with Crippen molar-refractivity contribution in [1.29, 1.82) is 0 Å². The van der Waals surface area contributed by atoms with Gasteiger partial charge in [0.15, 0.2) is 17.8 Å². The minimum atomic E-state index is -5.40. The van der Waals surface area contributed by atoms with E-state index in [4.69, 9.17) is 15.3 Å². The first-order chi connectivity index (χ1) is 19.4. The van der Waals surface area contributed by atoms with Gasteiger partial charge in [0.05, 0.1) is 24.2 Å². The number of likely N-dealkylation sites (tertiary alicyclic amines) is 1. The first kappa shape index (κ1) is 37.5. The summed E-state index contributed by atoms with van der Waals surface area (Å²) in [4.78, 5) is 12.5. The van der Waals surface area contributed by atoms with E-state index in [0.29, 0.717) is 7.11 Å². The van der Waals surface area contributed by atoms with E-state index in [1.807, 2.05) is 0 Å². The molecule has 0 amide bonds. The number of benzene rings is 1. The van der Waals surface area contributed by atoms with Crippen LogP contribution in [0.1, 0.15) is 17.4 Å². The molecule has 0 aromatic heterocycles. The lowest BCUT2D eigenvalue weighted by Crippen LogP contribution is -2.84. The molecular formula is C19H29NO24. The Bertz CT molecular complexity index is 1240. The lowest BCUT2D eigenvalue weighted by atomic mass is 9.69. The number of hydrogen-bond donors (Lipinski definition) is 21. The molecular weight excluding hydrogens is 626 g/mol. The number of aliphatic hydroxyl groups is 19. The number of hydrogen-bond acceptors (Lipinski definition) is 25. The molecule has 0 spiro atoms. The van der Waals surface area contributed by atoms with Gasteiger partial charge in [0.25, 0.3) is 11.4 Å². The third-order valence-electron chi connectivity index (χ3n) is 6.66. The highest BCUT2D eigenvalue weighted by Crippen LogP contribution is 2.58. The molecule has 1 aromatic carbocycles. The zero-order chi connectivity index (χ0) is 35.0. The number of Topliss-reactive ketones (excluding diaryl/α,β-unsaturated/α-hetero) is 1. The van der Waals surface area contributed by atoms with E-state index in [9.17, 15) is 96.7 Å². The van der Waals surface area contributed by atoms with E-state index in [2.05, 4.69) is 9.47 Å². The smallest absolute Gasteiger partial charge is 0.453 e. The highest BCUT2D eigenvalue weighted by Gasteiger charge is 2.80. The Morgan fingerprint density at radius 3 is 1.59 bits per heavy atom. The highest BCUT2D eigenvalue weighted by molar-refractivity contribution is 5.92. The van der Waals surface area contributed by atoms with Crippen LogP contribution in [0.4, 0.5) is 0 Å². The maximum atomic E-state index is 13.2. The summed E-state index contributed by atoms with van der Waals surface area (Å²) in [6, 6.07) is 0. The predicted molar refractivity (Wildman–Crippen MR) is 119 cm³/mol. The van der Waals surface area contributed by atoms with Crippen molar-refractivity contribution in [3.8, 4) is 23.0 Å². The average Bonchev–Trinajstić information content (AvgIpc) is 2.81. The van der Waals surface area contributed by atoms with Gasteiger partial charge in [-0.1, -0.05) is 0 Å². The van der Waals surface area contributed by atoms with Gasteiger partial charge in [-0.05, 0) is 0 Å². The van der Waals surface area contributed by atoms with Gasteiger partial charge in [-0.3, -0.25) is 4.79 Å². The number of piperidine rings is 1. The topological polar surface area (TPSA) is 464 Å². The van der Waals surface area contributed by atoms with Crippen LogP contribution in [0.15, 0.2) is 0 Å². The maximum absolute atomic E-state index is 13.2. The van der Waals surface area contributed by atoms with Crippen molar-refractivity contribution in [1.82, 2.24) is 4.90 Å². The molecule has 44 heavy (non-hydrogen) atoms. The molecule has 1 saturated heterocycles. The van der Waals surface area contributed by atoms with Crippen LogP contribution in [0.3, 0.4) is 0 Å². The number of phenolic OH excluding ortho intramolecular Hbond substituents is 2. The second-order valence-electron chi connectivity index (χ2n) is 9.37. The molecule has 0 aliphatic carbocycles. The molecule has 1 heterocycles. The number of rotatable bonds is 10. The van der Waals surface area contributed by atoms with Crippen molar-refractivity contribution in [2.24, 2.45) is 5.92 Å². The molecule has 2 unspecified atom stereocenters. The molecule has 21 N–H and O–H groups in total. The zero-order valence-electron chi connectivity index (χ0n) is 21.5. The SMILES string of the molecule is COc1c(O)c(C2(O)N(C(O)O)CC(C(O)(O)C(O)(C(O)(O)O)C(O)(O)O)C(=O)C2(O)O)c(C(O)O)c(O)c1OC(O)(O)O. The van der Waals surface area contributed by atoms with Crippen molar-refractivity contribution >= 4 is 5.78 Å². The van der Waals surface area contributed by atoms with Crippen LogP contribution < -0.4 is 9.47 Å². The molecule has 2 atom stereocenters. The normalized spacial score (nSPS) is 22.6. The molecule has 1 aromatic rings. The number of nitrogens with zero attached hydrogens (tertiary/aromatic N) is 1. The first-order valence-corrected chi connectivity index (χ1v) is 11.1. The van der Waals surface area contributed by atoms with Crippen LogP contribution in [0, 0.1) is 5.92 Å². The van der Waals surface area contributed by atoms with Gasteiger partial charge in [-0.2, -0.15) is 0 Å². The number of carbonyl (C=O) groups excluding carboxylic acids is 1. The summed E-state index contributed by atoms with van der Waals surface area (Å²) in [5.41, 5.74) is -13.8. The summed E-state index contributed by atoms with van der Waals surface area (Å²) in [5.74, 6) is -34.1. The van der Waals surface area contributed by atoms with Gasteiger partial charge in [0, 0.05) is 6.54 Å². The molecule has 1 aliphatic heterocycles. The van der Waals surface area contributed by atoms with E-state index >= 15 is 0 Å². The number of ketones is 1. The zero-order valence-corrected chi connectivity index (χ0v) is 21.5. The Morgan fingerprint density at radius 1 is 0.795 bits per heavy atom. The number of methoxy groups -OCH3 is 1. The Morgan fingerprint density at radius 2 is 1.25 bits per heavy atom. The van der Waals surface area contributed by atoms with Crippen molar-refractivity contribution in [3.05, 3.63) is 11.1 Å². The minimum absolute atomic E-state index is 0.562. The monoisotopic (exact) mass is 655 g/mol. The summed E-state index contributed by atoms with van der Waals surface area (Å²) in [6.07, 6.45) is -11.1. The molecule has 25 nitrogen and oxygen atoms in total. The van der Waals surface area contributed by atoms with Gasteiger partial charge in [0.2, 0.25) is 35.2 Å². The fourth-order valence-electron chi connectivity index (χ4n) is 4.61. The quantitative estimate of drug-likeness (QED) is 0.0821. The van der Waals surface area contributed by atoms with Crippen LogP contribution >= 0.6 is 0 Å². The third kappa shape index (κ3) is 5.30. The van der Waals surface area contributed by atoms with E-state index in [0.717, 1.165) is 0 Å². The molecule has 2 rings (SSSR count). The van der Waals surface area contributed by atoms with Gasteiger partial charge in [-0.25, -0.2) is 4.90 Å². The Labute approximate surface area is 240 Å². The average molecular weight is 655 g/mol. The van der Waals surface area contributed by atoms with Crippen molar-refractivity contribution < 1.29 is 122 Å². The van der Waals surface area contributed by atoms with Crippen LogP contribution in [0.2, 0.25) is 0 Å². The maximum Gasteiger partial charge on any atom is 0.453 e. The Kier molecular flexibility index (Phi) is 9.35. The largest absolute Gasteiger partial charge is 0.504 e. The minimum Gasteiger partial charge on any atom is -0.504 e. The predicted octanol–water partition coefficient (Wildman–Crippen LogP) is -11.7. The van der Waals surface area contributed by atoms with Gasteiger partial charge >= 0.3 is 18.1 Å². The number of aliphatic hydroxyl groups excluding tert-OH is 2. The van der Waals surface area contributed by atoms with Crippen LogP contribution in [-0.2, 0) is 10.5 Å². The summed E-state index contributed by atoms with van der Waals surface area (Å²) < 4.78 is 8.68. The molecule has 25 heteroatoms. The first-order valence-electron chi connectivity index (χ1n) is 11.1. The van der Waals surface area contributed by atoms with Gasteiger partial charge in [-0.15, -0.1) is 0 Å². The van der Waals surface area contributed by atoms with E-state index in [1.54, 1.807) is 0 Å². The summed E-state index contributed by atoms with van der Waals surface area (Å²) in [7, 11) is 0.562. The summed E-state index contributed by atoms with van der Waals surface area (Å²) >= 11 is 0. The third-order valence-corrected chi connectivity index (χ3v) is 6.66. The summed E-state index contributed by atoms with van der Waals surface area (Å²) in [5, 5.41) is 209. The standard InChI is InChI=1S/C19H29NO24/c1-43-8-7(22)5(4(11(24)25)6(21)9(8)44-19(40,41)42)13(28)15(31,32)10(23)3(2-20(13)12(26)27)14(29,30)16(33,17(34,35)36)18(37,38)39/h3,11-12,21-22,24-42H,2H2,1H3. The lowest BCUT2D eigenvalue weighted by Gasteiger charge is -2.56. The molecule has 254 valence electrons. The lowest BCUT2D eigenvalue weighted by molar-refractivity contribution is -0.547. The second kappa shape index (κ2) is 11.0. The Balaban J connectivity index is 3.08. The molecule has 0 radical (unpaired) electrons. The Hall–Kier alpha value is -2.71. The van der Waals surface area contributed by atoms with E-state index in [1.165, 1.54) is 0 Å². The van der Waals surface area contributed by atoms with Crippen LogP contribution in [0.5, 0.6) is 23.0 Å². The van der Waals surface area contributed by atoms with Crippen molar-refractivity contribution in [3.63, 3.8) is 0 Å². The highest BCUT2D eigenvalue weighted by atomic mass is 16.9. The van der Waals surface area contributed by atoms with Gasteiger partial charge in [0.1, 0.15) is 0 Å². The number of phenols is 2. The van der Waals surface area contributed by atoms with Crippen molar-refractivity contribution in [2.45, 2.75) is 53.7 Å². The van der Waals surface area contributed by atoms with E-state index < -0.39 is 111 Å². The molecule has 1 aliphatic rings. The second-order valence-corrected chi connectivity index (χ2v) is 9.37. The number of aromatic hydroxyl groups is 2. The fourth-order valence-corrected chi connectivity index (χ4v) is 4.61. The number of ether oxygens (including phenoxy) is 2. The fraction of sp³-hybridized carbons (Fsp3) is 0.632. The molecule has 0 bridgehead atoms. The van der Waals surface area contributed by atoms with Crippen LogP contribution in [-0.4, -0.2) is 173 Å². The van der Waals surface area contributed by atoms with E-state index in [-0.39, 0.29) is 0 Å². The van der Waals surface area contributed by atoms with Gasteiger partial charge < -0.3 is 117 Å². The molecule has 1 fully saturated rings. The number of carbonyl (C=O) groups is 1. The molecule has 0 saturated carbocycles. The summed E-state index contributed by atoms with van der Waals surface area (Å²) in [6.45, 7) is -2.16. The van der Waals surface area contributed by atoms with Crippen molar-refractivity contribution in [2.75, 3.05) is 13.7 Å².